The summed E-state index contributed by atoms with van der Waals surface area (Å²) in [6.07, 6.45) is 3.80. The molecule has 0 N–H and O–H groups in total. The third-order valence-corrected chi connectivity index (χ3v) is 1.97. The molecule has 0 aliphatic carbocycles. The number of benzene rings is 1. The van der Waals surface area contributed by atoms with Gasteiger partial charge in [-0.05, 0) is 36.1 Å². The molecule has 68 valence electrons. The molecule has 0 unspecified atom stereocenters. The molecule has 1 rings (SSSR count). The highest BCUT2D eigenvalue weighted by Gasteiger charge is 1.90. The zero-order chi connectivity index (χ0) is 9.68. The van der Waals surface area contributed by atoms with Gasteiger partial charge in [-0.15, -0.1) is 0 Å². The topological polar surface area (TPSA) is 17.1 Å². The summed E-state index contributed by atoms with van der Waals surface area (Å²) >= 11 is 0. The predicted molar refractivity (Wildman–Crippen MR) is 55.5 cm³/mol. The van der Waals surface area contributed by atoms with Gasteiger partial charge in [-0.1, -0.05) is 31.2 Å². The van der Waals surface area contributed by atoms with Crippen molar-refractivity contribution in [1.82, 2.24) is 0 Å². The number of aryl methyl sites for hydroxylation is 1. The fourth-order valence-electron chi connectivity index (χ4n) is 1.15. The molecule has 0 fully saturated rings. The standard InChI is InChI=1S/C12H14O/c1-3-11-4-6-12(7-5-11)8-10(2)9-13/h4-9H,3H2,1-2H3/b10-8-. The van der Waals surface area contributed by atoms with Gasteiger partial charge in [0.05, 0.1) is 0 Å². The van der Waals surface area contributed by atoms with Gasteiger partial charge in [0.25, 0.3) is 0 Å². The van der Waals surface area contributed by atoms with E-state index in [0.717, 1.165) is 23.8 Å². The lowest BCUT2D eigenvalue weighted by molar-refractivity contribution is -0.104. The number of hydrogen-bond donors (Lipinski definition) is 0. The average molecular weight is 174 g/mol. The van der Waals surface area contributed by atoms with Crippen LogP contribution in [0.4, 0.5) is 0 Å². The zero-order valence-electron chi connectivity index (χ0n) is 8.08. The summed E-state index contributed by atoms with van der Waals surface area (Å²) in [6, 6.07) is 8.24. The lowest BCUT2D eigenvalue weighted by Gasteiger charge is -1.97. The average Bonchev–Trinajstić information content (AvgIpc) is 2.19. The monoisotopic (exact) mass is 174 g/mol. The molecule has 0 aromatic heterocycles. The molecule has 0 saturated heterocycles. The maximum absolute atomic E-state index is 10.4. The Morgan fingerprint density at radius 3 is 2.38 bits per heavy atom. The molecule has 1 heteroatoms. The molecule has 1 aromatic rings. The van der Waals surface area contributed by atoms with Crippen molar-refractivity contribution in [3.63, 3.8) is 0 Å². The Morgan fingerprint density at radius 1 is 1.31 bits per heavy atom. The van der Waals surface area contributed by atoms with Gasteiger partial charge in [0.15, 0.2) is 0 Å². The first-order chi connectivity index (χ1) is 6.26. The van der Waals surface area contributed by atoms with Crippen LogP contribution in [0.25, 0.3) is 6.08 Å². The molecule has 0 spiro atoms. The number of allylic oxidation sites excluding steroid dienone is 1. The molecule has 0 heterocycles. The maximum atomic E-state index is 10.4. The second kappa shape index (κ2) is 4.61. The van der Waals surface area contributed by atoms with Crippen molar-refractivity contribution in [2.24, 2.45) is 0 Å². The van der Waals surface area contributed by atoms with E-state index in [-0.39, 0.29) is 0 Å². The van der Waals surface area contributed by atoms with Crippen LogP contribution in [0.5, 0.6) is 0 Å². The minimum absolute atomic E-state index is 0.754. The summed E-state index contributed by atoms with van der Waals surface area (Å²) in [5.41, 5.74) is 3.16. The van der Waals surface area contributed by atoms with E-state index in [1.165, 1.54) is 5.56 Å². The highest BCUT2D eigenvalue weighted by Crippen LogP contribution is 2.08. The van der Waals surface area contributed by atoms with Crippen molar-refractivity contribution in [2.75, 3.05) is 0 Å². The lowest BCUT2D eigenvalue weighted by Crippen LogP contribution is -1.81. The van der Waals surface area contributed by atoms with Crippen LogP contribution in [0, 0.1) is 0 Å². The smallest absolute Gasteiger partial charge is 0.145 e. The van der Waals surface area contributed by atoms with Gasteiger partial charge >= 0.3 is 0 Å². The Labute approximate surface area is 79.1 Å². The number of aldehydes is 1. The van der Waals surface area contributed by atoms with Gasteiger partial charge in [0, 0.05) is 0 Å². The first-order valence-corrected chi connectivity index (χ1v) is 4.48. The van der Waals surface area contributed by atoms with E-state index in [0.29, 0.717) is 0 Å². The fraction of sp³-hybridized carbons (Fsp3) is 0.250. The Balaban J connectivity index is 2.86. The first-order valence-electron chi connectivity index (χ1n) is 4.48. The molecule has 1 nitrogen and oxygen atoms in total. The molecular weight excluding hydrogens is 160 g/mol. The molecule has 13 heavy (non-hydrogen) atoms. The second-order valence-corrected chi connectivity index (χ2v) is 3.10. The summed E-state index contributed by atoms with van der Waals surface area (Å²) in [7, 11) is 0. The highest BCUT2D eigenvalue weighted by molar-refractivity contribution is 5.80. The minimum Gasteiger partial charge on any atom is -0.298 e. The molecule has 1 aromatic carbocycles. The molecule has 0 amide bonds. The van der Waals surface area contributed by atoms with E-state index >= 15 is 0 Å². The molecular formula is C12H14O. The molecule has 0 bridgehead atoms. The quantitative estimate of drug-likeness (QED) is 0.508. The Morgan fingerprint density at radius 2 is 1.92 bits per heavy atom. The van der Waals surface area contributed by atoms with Crippen LogP contribution < -0.4 is 0 Å². The van der Waals surface area contributed by atoms with Crippen molar-refractivity contribution < 1.29 is 4.79 Å². The van der Waals surface area contributed by atoms with Crippen LogP contribution in [0.2, 0.25) is 0 Å². The van der Waals surface area contributed by atoms with Crippen LogP contribution in [-0.4, -0.2) is 6.29 Å². The summed E-state index contributed by atoms with van der Waals surface area (Å²) < 4.78 is 0. The van der Waals surface area contributed by atoms with Crippen molar-refractivity contribution >= 4 is 12.4 Å². The van der Waals surface area contributed by atoms with Crippen LogP contribution in [-0.2, 0) is 11.2 Å². The van der Waals surface area contributed by atoms with Crippen LogP contribution in [0.3, 0.4) is 0 Å². The molecule has 0 aliphatic heterocycles. The zero-order valence-corrected chi connectivity index (χ0v) is 8.08. The van der Waals surface area contributed by atoms with Crippen molar-refractivity contribution in [3.8, 4) is 0 Å². The van der Waals surface area contributed by atoms with E-state index in [2.05, 4.69) is 19.1 Å². The Kier molecular flexibility index (Phi) is 3.44. The van der Waals surface area contributed by atoms with Crippen molar-refractivity contribution in [2.45, 2.75) is 20.3 Å². The molecule has 0 saturated carbocycles. The molecule has 0 radical (unpaired) electrons. The van der Waals surface area contributed by atoms with E-state index < -0.39 is 0 Å². The predicted octanol–water partition coefficient (Wildman–Crippen LogP) is 2.85. The Hall–Kier alpha value is -1.37. The van der Waals surface area contributed by atoms with Gasteiger partial charge in [-0.3, -0.25) is 4.79 Å². The van der Waals surface area contributed by atoms with E-state index in [9.17, 15) is 4.79 Å². The number of hydrogen-bond acceptors (Lipinski definition) is 1. The summed E-state index contributed by atoms with van der Waals surface area (Å²) in [6.45, 7) is 3.93. The van der Waals surface area contributed by atoms with Crippen LogP contribution in [0.1, 0.15) is 25.0 Å². The van der Waals surface area contributed by atoms with Gasteiger partial charge in [-0.25, -0.2) is 0 Å². The molecule has 0 atom stereocenters. The van der Waals surface area contributed by atoms with Crippen molar-refractivity contribution in [1.29, 1.82) is 0 Å². The first kappa shape index (κ1) is 9.72. The SMILES string of the molecule is CCc1ccc(/C=C(/C)C=O)cc1. The number of rotatable bonds is 3. The number of carbonyl (C=O) groups is 1. The summed E-state index contributed by atoms with van der Waals surface area (Å²) in [5, 5.41) is 0. The minimum atomic E-state index is 0.754. The molecule has 0 aliphatic rings. The van der Waals surface area contributed by atoms with Crippen molar-refractivity contribution in [3.05, 3.63) is 41.0 Å². The van der Waals surface area contributed by atoms with Gasteiger partial charge in [0.2, 0.25) is 0 Å². The fourth-order valence-corrected chi connectivity index (χ4v) is 1.15. The lowest BCUT2D eigenvalue weighted by atomic mass is 10.1. The number of carbonyl (C=O) groups excluding carboxylic acids is 1. The summed E-state index contributed by atoms with van der Waals surface area (Å²) in [4.78, 5) is 10.4. The second-order valence-electron chi connectivity index (χ2n) is 3.10. The summed E-state index contributed by atoms with van der Waals surface area (Å²) in [5.74, 6) is 0. The normalized spacial score (nSPS) is 11.4. The maximum Gasteiger partial charge on any atom is 0.145 e. The highest BCUT2D eigenvalue weighted by atomic mass is 16.1. The van der Waals surface area contributed by atoms with E-state index in [1.807, 2.05) is 18.2 Å². The van der Waals surface area contributed by atoms with E-state index in [1.54, 1.807) is 6.92 Å². The van der Waals surface area contributed by atoms with Crippen LogP contribution >= 0.6 is 0 Å². The van der Waals surface area contributed by atoms with Gasteiger partial charge in [-0.2, -0.15) is 0 Å². The van der Waals surface area contributed by atoms with Gasteiger partial charge in [0.1, 0.15) is 6.29 Å². The largest absolute Gasteiger partial charge is 0.298 e. The Bertz CT molecular complexity index is 306. The third-order valence-electron chi connectivity index (χ3n) is 1.97. The van der Waals surface area contributed by atoms with Gasteiger partial charge < -0.3 is 0 Å². The van der Waals surface area contributed by atoms with Crippen LogP contribution in [0.15, 0.2) is 29.8 Å². The third kappa shape index (κ3) is 2.86. The van der Waals surface area contributed by atoms with E-state index in [4.69, 9.17) is 0 Å².